The summed E-state index contributed by atoms with van der Waals surface area (Å²) in [6, 6.07) is 6.32. The molecule has 26 heavy (non-hydrogen) atoms. The molecule has 0 spiro atoms. The van der Waals surface area contributed by atoms with E-state index in [1.165, 1.54) is 22.0 Å². The second-order valence-corrected chi connectivity index (χ2v) is 9.47. The van der Waals surface area contributed by atoms with Crippen LogP contribution in [0.2, 0.25) is 0 Å². The third-order valence-electron chi connectivity index (χ3n) is 4.17. The van der Waals surface area contributed by atoms with Crippen LogP contribution in [0.1, 0.15) is 31.9 Å². The Kier molecular flexibility index (Phi) is 9.09. The first-order valence-corrected chi connectivity index (χ1v) is 10.0. The predicted molar refractivity (Wildman–Crippen MR) is 124 cm³/mol. The maximum Gasteiger partial charge on any atom is 0.191 e. The molecule has 1 heterocycles. The molecule has 2 rings (SSSR count). The molecule has 0 saturated carbocycles. The van der Waals surface area contributed by atoms with Gasteiger partial charge in [0, 0.05) is 58.5 Å². The normalized spacial score (nSPS) is 13.3. The van der Waals surface area contributed by atoms with E-state index in [1.807, 2.05) is 20.8 Å². The summed E-state index contributed by atoms with van der Waals surface area (Å²) in [5.74, 6) is 1.37. The molecule has 0 aliphatic heterocycles. The largest absolute Gasteiger partial charge is 0.361 e. The molecule has 0 bridgehead atoms. The number of aliphatic imine (C=N–C) groups is 1. The van der Waals surface area contributed by atoms with Gasteiger partial charge in [-0.15, -0.1) is 24.0 Å². The van der Waals surface area contributed by atoms with Gasteiger partial charge in [-0.25, -0.2) is 0 Å². The van der Waals surface area contributed by atoms with E-state index in [2.05, 4.69) is 51.9 Å². The monoisotopic (exact) mass is 490 g/mol. The fraction of sp³-hybridized carbons (Fsp3) is 0.526. The number of nitrogens with zero attached hydrogens (tertiary/aromatic N) is 1. The molecule has 1 aromatic carbocycles. The van der Waals surface area contributed by atoms with Gasteiger partial charge in [-0.1, -0.05) is 12.1 Å². The Bertz CT molecular complexity index is 764. The number of nitrogens with one attached hydrogen (secondary N) is 3. The number of aromatic amines is 1. The van der Waals surface area contributed by atoms with Gasteiger partial charge < -0.3 is 15.6 Å². The highest BCUT2D eigenvalue weighted by Crippen LogP contribution is 2.22. The maximum atomic E-state index is 12.1. The van der Waals surface area contributed by atoms with Gasteiger partial charge in [-0.3, -0.25) is 9.20 Å². The van der Waals surface area contributed by atoms with E-state index in [9.17, 15) is 4.21 Å². The van der Waals surface area contributed by atoms with E-state index >= 15 is 0 Å². The number of rotatable bonds is 6. The molecule has 1 aromatic heterocycles. The molecule has 2 aromatic rings. The number of aryl methyl sites for hydroxylation is 1. The lowest BCUT2D eigenvalue weighted by molar-refractivity contribution is 0.647. The molecule has 0 aliphatic carbocycles. The molecular weight excluding hydrogens is 459 g/mol. The Morgan fingerprint density at radius 2 is 1.92 bits per heavy atom. The van der Waals surface area contributed by atoms with Crippen molar-refractivity contribution < 1.29 is 4.21 Å². The molecule has 0 amide bonds. The number of H-pyrrole nitrogens is 1. The zero-order chi connectivity index (χ0) is 18.4. The van der Waals surface area contributed by atoms with Crippen molar-refractivity contribution in [1.82, 2.24) is 15.6 Å². The summed E-state index contributed by atoms with van der Waals surface area (Å²) in [5.41, 5.74) is 3.79. The molecular formula is C19H31IN4OS. The van der Waals surface area contributed by atoms with Gasteiger partial charge >= 0.3 is 0 Å². The second-order valence-electron chi connectivity index (χ2n) is 7.15. The van der Waals surface area contributed by atoms with Gasteiger partial charge in [0.1, 0.15) is 0 Å². The van der Waals surface area contributed by atoms with Gasteiger partial charge in [-0.2, -0.15) is 0 Å². The number of aromatic nitrogens is 1. The van der Waals surface area contributed by atoms with Crippen molar-refractivity contribution in [3.05, 3.63) is 35.5 Å². The quantitative estimate of drug-likeness (QED) is 0.331. The molecule has 0 radical (unpaired) electrons. The first kappa shape index (κ1) is 23.0. The zero-order valence-corrected chi connectivity index (χ0v) is 19.5. The first-order valence-electron chi connectivity index (χ1n) is 8.71. The minimum absolute atomic E-state index is 0. The van der Waals surface area contributed by atoms with E-state index in [4.69, 9.17) is 0 Å². The molecule has 0 fully saturated rings. The third-order valence-corrected chi connectivity index (χ3v) is 6.11. The van der Waals surface area contributed by atoms with Crippen LogP contribution in [-0.4, -0.2) is 45.8 Å². The summed E-state index contributed by atoms with van der Waals surface area (Å²) < 4.78 is 11.9. The fourth-order valence-corrected chi connectivity index (χ4v) is 3.65. The minimum Gasteiger partial charge on any atom is -0.361 e. The zero-order valence-electron chi connectivity index (χ0n) is 16.3. The molecule has 7 heteroatoms. The lowest BCUT2D eigenvalue weighted by atomic mass is 10.1. The Morgan fingerprint density at radius 1 is 1.23 bits per heavy atom. The summed E-state index contributed by atoms with van der Waals surface area (Å²) in [5, 5.41) is 7.88. The van der Waals surface area contributed by atoms with Crippen LogP contribution in [0.4, 0.5) is 0 Å². The Morgan fingerprint density at radius 3 is 2.58 bits per heavy atom. The van der Waals surface area contributed by atoms with Crippen molar-refractivity contribution in [2.75, 3.05) is 25.9 Å². The van der Waals surface area contributed by atoms with Gasteiger partial charge in [0.05, 0.1) is 0 Å². The second kappa shape index (κ2) is 10.3. The van der Waals surface area contributed by atoms with E-state index in [0.29, 0.717) is 12.3 Å². The average Bonchev–Trinajstić information content (AvgIpc) is 2.97. The number of benzene rings is 1. The molecule has 0 aliphatic rings. The summed E-state index contributed by atoms with van der Waals surface area (Å²) in [7, 11) is 0.902. The summed E-state index contributed by atoms with van der Waals surface area (Å²) in [6.07, 6.45) is 3.00. The van der Waals surface area contributed by atoms with E-state index in [1.54, 1.807) is 7.05 Å². The number of hydrogen-bond acceptors (Lipinski definition) is 2. The van der Waals surface area contributed by atoms with Crippen LogP contribution in [0.5, 0.6) is 0 Å². The highest BCUT2D eigenvalue weighted by Gasteiger charge is 2.18. The van der Waals surface area contributed by atoms with Crippen molar-refractivity contribution in [3.8, 4) is 0 Å². The maximum absolute atomic E-state index is 12.1. The van der Waals surface area contributed by atoms with Gasteiger partial charge in [0.2, 0.25) is 0 Å². The third kappa shape index (κ3) is 6.26. The summed E-state index contributed by atoms with van der Waals surface area (Å²) >= 11 is 0. The molecule has 5 nitrogen and oxygen atoms in total. The first-order chi connectivity index (χ1) is 11.8. The van der Waals surface area contributed by atoms with Crippen LogP contribution in [-0.2, 0) is 17.2 Å². The lowest BCUT2D eigenvalue weighted by Crippen LogP contribution is -2.41. The number of guanidine groups is 1. The van der Waals surface area contributed by atoms with Crippen molar-refractivity contribution in [1.29, 1.82) is 0 Å². The van der Waals surface area contributed by atoms with Crippen LogP contribution in [0, 0.1) is 6.92 Å². The highest BCUT2D eigenvalue weighted by molar-refractivity contribution is 14.0. The van der Waals surface area contributed by atoms with Crippen LogP contribution < -0.4 is 10.6 Å². The fourth-order valence-electron chi connectivity index (χ4n) is 2.75. The Balaban J connectivity index is 0.00000338. The number of fused-ring (bicyclic) bond motifs is 1. The van der Waals surface area contributed by atoms with Gasteiger partial charge in [0.25, 0.3) is 0 Å². The van der Waals surface area contributed by atoms with Crippen LogP contribution in [0.25, 0.3) is 10.9 Å². The molecule has 1 unspecified atom stereocenters. The summed E-state index contributed by atoms with van der Waals surface area (Å²) in [6.45, 7) is 9.58. The van der Waals surface area contributed by atoms with Crippen LogP contribution in [0.15, 0.2) is 29.4 Å². The number of halogens is 1. The smallest absolute Gasteiger partial charge is 0.191 e. The molecule has 1 atom stereocenters. The number of hydrogen-bond donors (Lipinski definition) is 3. The van der Waals surface area contributed by atoms with E-state index < -0.39 is 10.8 Å². The van der Waals surface area contributed by atoms with Gasteiger partial charge in [0.15, 0.2) is 5.96 Å². The van der Waals surface area contributed by atoms with Gasteiger partial charge in [-0.05, 0) is 51.3 Å². The van der Waals surface area contributed by atoms with Crippen molar-refractivity contribution in [3.63, 3.8) is 0 Å². The predicted octanol–water partition coefficient (Wildman–Crippen LogP) is 3.35. The van der Waals surface area contributed by atoms with Crippen molar-refractivity contribution >= 4 is 51.6 Å². The molecule has 0 saturated heterocycles. The van der Waals surface area contributed by atoms with E-state index in [0.717, 1.165) is 18.9 Å². The lowest BCUT2D eigenvalue weighted by Gasteiger charge is -2.18. The minimum atomic E-state index is -0.854. The SMILES string of the molecule is CN=C(NCCc1c[nH]c2cccc(C)c12)NCCS(=O)C(C)(C)C.I. The molecule has 3 N–H and O–H groups in total. The summed E-state index contributed by atoms with van der Waals surface area (Å²) in [4.78, 5) is 7.57. The van der Waals surface area contributed by atoms with Crippen molar-refractivity contribution in [2.24, 2.45) is 4.99 Å². The highest BCUT2D eigenvalue weighted by atomic mass is 127. The average molecular weight is 490 g/mol. The topological polar surface area (TPSA) is 69.3 Å². The Hall–Kier alpha value is -1.09. The Labute approximate surface area is 176 Å². The van der Waals surface area contributed by atoms with Crippen molar-refractivity contribution in [2.45, 2.75) is 38.9 Å². The van der Waals surface area contributed by atoms with E-state index in [-0.39, 0.29) is 28.7 Å². The standard InChI is InChI=1S/C19H30N4OS.HI/c1-14-7-6-8-16-17(14)15(13-23-16)9-10-21-18(20-5)22-11-12-25(24)19(2,3)4;/h6-8,13,23H,9-12H2,1-5H3,(H2,20,21,22);1H. The van der Waals surface area contributed by atoms with Crippen LogP contribution in [0.3, 0.4) is 0 Å². The molecule has 146 valence electrons. The van der Waals surface area contributed by atoms with Crippen LogP contribution >= 0.6 is 24.0 Å².